The van der Waals surface area contributed by atoms with Gasteiger partial charge in [0.15, 0.2) is 0 Å². The second-order valence-electron chi connectivity index (χ2n) is 4.81. The molecule has 0 aromatic carbocycles. The lowest BCUT2D eigenvalue weighted by molar-refractivity contribution is -0.128. The molecule has 0 saturated heterocycles. The van der Waals surface area contributed by atoms with Crippen molar-refractivity contribution in [1.82, 2.24) is 15.1 Å². The topological polar surface area (TPSA) is 46.9 Å². The fourth-order valence-electron chi connectivity index (χ4n) is 1.16. The van der Waals surface area contributed by atoms with Gasteiger partial charge < -0.3 is 5.32 Å². The maximum Gasteiger partial charge on any atom is 0.225 e. The number of amides is 1. The lowest BCUT2D eigenvalue weighted by Crippen LogP contribution is -2.34. The first-order chi connectivity index (χ1) is 6.82. The number of rotatable bonds is 2. The summed E-state index contributed by atoms with van der Waals surface area (Å²) in [7, 11) is 1.89. The van der Waals surface area contributed by atoms with Crippen LogP contribution < -0.4 is 5.32 Å². The van der Waals surface area contributed by atoms with Crippen LogP contribution in [0.1, 0.15) is 32.0 Å². The van der Waals surface area contributed by atoms with Crippen LogP contribution in [0, 0.1) is 12.3 Å². The summed E-state index contributed by atoms with van der Waals surface area (Å²) in [4.78, 5) is 11.6. The lowest BCUT2D eigenvalue weighted by Gasteiger charge is -2.17. The first-order valence-electron chi connectivity index (χ1n) is 5.08. The van der Waals surface area contributed by atoms with Crippen LogP contribution in [-0.4, -0.2) is 15.7 Å². The molecule has 1 rings (SSSR count). The highest BCUT2D eigenvalue weighted by atomic mass is 16.2. The zero-order chi connectivity index (χ0) is 11.6. The predicted octanol–water partition coefficient (Wildman–Crippen LogP) is 1.39. The average Bonchev–Trinajstić information content (AvgIpc) is 2.43. The molecule has 84 valence electrons. The summed E-state index contributed by atoms with van der Waals surface area (Å²) >= 11 is 0. The molecule has 1 heterocycles. The van der Waals surface area contributed by atoms with Crippen molar-refractivity contribution in [2.75, 3.05) is 0 Å². The lowest BCUT2D eigenvalue weighted by atomic mass is 9.95. The van der Waals surface area contributed by atoms with Gasteiger partial charge in [-0.1, -0.05) is 20.8 Å². The van der Waals surface area contributed by atoms with Crippen molar-refractivity contribution >= 4 is 5.91 Å². The highest BCUT2D eigenvalue weighted by molar-refractivity contribution is 5.81. The molecule has 0 bridgehead atoms. The fourth-order valence-corrected chi connectivity index (χ4v) is 1.16. The third kappa shape index (κ3) is 2.81. The van der Waals surface area contributed by atoms with Gasteiger partial charge in [0, 0.05) is 30.3 Å². The minimum absolute atomic E-state index is 0.0609. The van der Waals surface area contributed by atoms with Crippen LogP contribution >= 0.6 is 0 Å². The van der Waals surface area contributed by atoms with Gasteiger partial charge >= 0.3 is 0 Å². The molecule has 1 amide bonds. The summed E-state index contributed by atoms with van der Waals surface area (Å²) in [5.41, 5.74) is 1.81. The van der Waals surface area contributed by atoms with Crippen LogP contribution in [0.5, 0.6) is 0 Å². The van der Waals surface area contributed by atoms with E-state index in [4.69, 9.17) is 0 Å². The Morgan fingerprint density at radius 3 is 2.53 bits per heavy atom. The summed E-state index contributed by atoms with van der Waals surface area (Å²) in [6.45, 7) is 8.25. The van der Waals surface area contributed by atoms with E-state index in [-0.39, 0.29) is 11.3 Å². The third-order valence-electron chi connectivity index (χ3n) is 2.46. The number of hydrogen-bond acceptors (Lipinski definition) is 2. The molecule has 0 aliphatic rings. The van der Waals surface area contributed by atoms with Crippen molar-refractivity contribution < 1.29 is 4.79 Å². The van der Waals surface area contributed by atoms with E-state index in [0.29, 0.717) is 6.54 Å². The molecular weight excluding hydrogens is 190 g/mol. The fraction of sp³-hybridized carbons (Fsp3) is 0.636. The second-order valence-corrected chi connectivity index (χ2v) is 4.81. The molecule has 0 radical (unpaired) electrons. The number of nitrogens with zero attached hydrogens (tertiary/aromatic N) is 2. The van der Waals surface area contributed by atoms with Crippen molar-refractivity contribution in [3.63, 3.8) is 0 Å². The van der Waals surface area contributed by atoms with E-state index in [1.54, 1.807) is 10.9 Å². The summed E-state index contributed by atoms with van der Waals surface area (Å²) in [6, 6.07) is 0. The van der Waals surface area contributed by atoms with Crippen LogP contribution in [-0.2, 0) is 18.4 Å². The highest BCUT2D eigenvalue weighted by Gasteiger charge is 2.20. The summed E-state index contributed by atoms with van der Waals surface area (Å²) in [5.74, 6) is 0.0609. The normalized spacial score (nSPS) is 11.5. The maximum atomic E-state index is 11.6. The molecule has 1 aromatic heterocycles. The molecule has 4 nitrogen and oxygen atoms in total. The molecule has 1 aromatic rings. The van der Waals surface area contributed by atoms with Gasteiger partial charge in [-0.05, 0) is 6.92 Å². The monoisotopic (exact) mass is 209 g/mol. The largest absolute Gasteiger partial charge is 0.351 e. The second kappa shape index (κ2) is 4.04. The molecule has 4 heteroatoms. The average molecular weight is 209 g/mol. The van der Waals surface area contributed by atoms with E-state index in [9.17, 15) is 4.79 Å². The molecule has 0 saturated carbocycles. The Morgan fingerprint density at radius 1 is 1.53 bits per heavy atom. The van der Waals surface area contributed by atoms with Gasteiger partial charge in [-0.15, -0.1) is 0 Å². The van der Waals surface area contributed by atoms with Crippen molar-refractivity contribution in [3.05, 3.63) is 17.5 Å². The van der Waals surface area contributed by atoms with Gasteiger partial charge in [0.25, 0.3) is 0 Å². The van der Waals surface area contributed by atoms with Gasteiger partial charge in [0.1, 0.15) is 0 Å². The van der Waals surface area contributed by atoms with E-state index < -0.39 is 0 Å². The Morgan fingerprint density at radius 2 is 2.13 bits per heavy atom. The molecular formula is C11H19N3O. The Bertz CT molecular complexity index is 360. The Labute approximate surface area is 90.7 Å². The van der Waals surface area contributed by atoms with Crippen molar-refractivity contribution in [3.8, 4) is 0 Å². The minimum atomic E-state index is -0.337. The Balaban J connectivity index is 2.59. The van der Waals surface area contributed by atoms with Gasteiger partial charge in [-0.3, -0.25) is 9.48 Å². The number of carbonyl (C=O) groups excluding carboxylic acids is 1. The smallest absolute Gasteiger partial charge is 0.225 e. The Hall–Kier alpha value is -1.32. The summed E-state index contributed by atoms with van der Waals surface area (Å²) in [6.07, 6.45) is 1.79. The summed E-state index contributed by atoms with van der Waals surface area (Å²) in [5, 5.41) is 7.02. The maximum absolute atomic E-state index is 11.6. The Kier molecular flexibility index (Phi) is 3.17. The molecule has 1 N–H and O–H groups in total. The van der Waals surface area contributed by atoms with E-state index in [0.717, 1.165) is 11.3 Å². The number of aryl methyl sites for hydroxylation is 1. The first kappa shape index (κ1) is 11.8. The third-order valence-corrected chi connectivity index (χ3v) is 2.46. The number of hydrogen-bond donors (Lipinski definition) is 1. The molecule has 0 aliphatic carbocycles. The molecule has 0 spiro atoms. The molecule has 0 aliphatic heterocycles. The zero-order valence-electron chi connectivity index (χ0n) is 10.1. The van der Waals surface area contributed by atoms with E-state index >= 15 is 0 Å². The van der Waals surface area contributed by atoms with E-state index in [2.05, 4.69) is 10.4 Å². The molecule has 0 unspecified atom stereocenters. The standard InChI is InChI=1S/C11H19N3O/c1-8-9(7-13-14(8)5)6-12-10(15)11(2,3)4/h7H,6H2,1-5H3,(H,12,15). The van der Waals surface area contributed by atoms with Gasteiger partial charge in [-0.2, -0.15) is 5.10 Å². The molecule has 15 heavy (non-hydrogen) atoms. The predicted molar refractivity (Wildman–Crippen MR) is 59.2 cm³/mol. The van der Waals surface area contributed by atoms with Crippen molar-refractivity contribution in [2.24, 2.45) is 12.5 Å². The number of nitrogens with one attached hydrogen (secondary N) is 1. The minimum Gasteiger partial charge on any atom is -0.351 e. The van der Waals surface area contributed by atoms with Crippen molar-refractivity contribution in [1.29, 1.82) is 0 Å². The van der Waals surface area contributed by atoms with E-state index in [1.165, 1.54) is 0 Å². The summed E-state index contributed by atoms with van der Waals surface area (Å²) < 4.78 is 1.80. The van der Waals surface area contributed by atoms with Crippen LogP contribution in [0.4, 0.5) is 0 Å². The van der Waals surface area contributed by atoms with E-state index in [1.807, 2.05) is 34.7 Å². The molecule has 0 fully saturated rings. The van der Waals surface area contributed by atoms with Crippen LogP contribution in [0.15, 0.2) is 6.20 Å². The van der Waals surface area contributed by atoms with Gasteiger partial charge in [0.2, 0.25) is 5.91 Å². The zero-order valence-corrected chi connectivity index (χ0v) is 10.1. The van der Waals surface area contributed by atoms with Crippen LogP contribution in [0.25, 0.3) is 0 Å². The van der Waals surface area contributed by atoms with Crippen molar-refractivity contribution in [2.45, 2.75) is 34.2 Å². The number of aromatic nitrogens is 2. The first-order valence-corrected chi connectivity index (χ1v) is 5.08. The quantitative estimate of drug-likeness (QED) is 0.800. The van der Waals surface area contributed by atoms with Gasteiger partial charge in [-0.25, -0.2) is 0 Å². The highest BCUT2D eigenvalue weighted by Crippen LogP contribution is 2.13. The van der Waals surface area contributed by atoms with Crippen LogP contribution in [0.2, 0.25) is 0 Å². The van der Waals surface area contributed by atoms with Crippen LogP contribution in [0.3, 0.4) is 0 Å². The number of carbonyl (C=O) groups is 1. The van der Waals surface area contributed by atoms with Gasteiger partial charge in [0.05, 0.1) is 6.20 Å². The molecule has 0 atom stereocenters. The SMILES string of the molecule is Cc1c(CNC(=O)C(C)(C)C)cnn1C.